The van der Waals surface area contributed by atoms with Gasteiger partial charge < -0.3 is 4.74 Å². The van der Waals surface area contributed by atoms with E-state index >= 15 is 0 Å². The van der Waals surface area contributed by atoms with Crippen molar-refractivity contribution < 1.29 is 18.3 Å². The number of hydrogen-bond acceptors (Lipinski definition) is 2. The molecule has 0 saturated heterocycles. The molecule has 5 heteroatoms. The van der Waals surface area contributed by atoms with Crippen molar-refractivity contribution in [1.29, 1.82) is 0 Å². The molecule has 0 unspecified atom stereocenters. The van der Waals surface area contributed by atoms with Crippen molar-refractivity contribution in [2.75, 3.05) is 0 Å². The van der Waals surface area contributed by atoms with Gasteiger partial charge in [0, 0.05) is 17.5 Å². The van der Waals surface area contributed by atoms with Crippen LogP contribution in [0, 0.1) is 0 Å². The zero-order chi connectivity index (χ0) is 15.5. The molecule has 0 spiro atoms. The lowest BCUT2D eigenvalue weighted by Crippen LogP contribution is -2.13. The lowest BCUT2D eigenvalue weighted by atomic mass is 10.0. The molecule has 2 rings (SSSR count). The molecule has 0 aliphatic rings. The van der Waals surface area contributed by atoms with Crippen molar-refractivity contribution in [2.24, 2.45) is 0 Å². The molecule has 0 amide bonds. The zero-order valence-corrected chi connectivity index (χ0v) is 12.0. The number of ether oxygens (including phenoxy) is 1. The molecule has 2 aromatic carbocycles. The Morgan fingerprint density at radius 2 is 1.86 bits per heavy atom. The molecule has 21 heavy (non-hydrogen) atoms. The minimum atomic E-state index is -3.06. The number of carbonyl (C=O) groups is 1. The summed E-state index contributed by atoms with van der Waals surface area (Å²) in [4.78, 5) is 11.8. The minimum Gasteiger partial charge on any atom is -0.426 e. The molecule has 0 saturated carbocycles. The third-order valence-corrected chi connectivity index (χ3v) is 3.16. The number of para-hydroxylation sites is 1. The summed E-state index contributed by atoms with van der Waals surface area (Å²) in [6.07, 6.45) is -0.102. The van der Waals surface area contributed by atoms with Gasteiger partial charge in [-0.25, -0.2) is 8.78 Å². The first kappa shape index (κ1) is 15.4. The second-order valence-electron chi connectivity index (χ2n) is 4.67. The Morgan fingerprint density at radius 3 is 2.48 bits per heavy atom. The van der Waals surface area contributed by atoms with E-state index in [-0.39, 0.29) is 17.0 Å². The highest BCUT2D eigenvalue weighted by Crippen LogP contribution is 2.33. The third kappa shape index (κ3) is 4.26. The summed E-state index contributed by atoms with van der Waals surface area (Å²) >= 11 is 5.75. The first-order valence-electron chi connectivity index (χ1n) is 6.29. The van der Waals surface area contributed by atoms with Crippen LogP contribution in [0.15, 0.2) is 48.5 Å². The lowest BCUT2D eigenvalue weighted by molar-refractivity contribution is -0.133. The van der Waals surface area contributed by atoms with Crippen molar-refractivity contribution in [3.63, 3.8) is 0 Å². The number of hydrogen-bond donors (Lipinski definition) is 0. The summed E-state index contributed by atoms with van der Waals surface area (Å²) in [5.41, 5.74) is 0.131. The van der Waals surface area contributed by atoms with Crippen LogP contribution >= 0.6 is 11.6 Å². The van der Waals surface area contributed by atoms with Gasteiger partial charge in [-0.3, -0.25) is 4.79 Å². The van der Waals surface area contributed by atoms with E-state index in [2.05, 4.69) is 0 Å². The first-order valence-corrected chi connectivity index (χ1v) is 6.66. The fraction of sp³-hybridized carbons (Fsp3) is 0.188. The number of rotatable bonds is 4. The molecule has 2 nitrogen and oxygen atoms in total. The maximum absolute atomic E-state index is 13.4. The van der Waals surface area contributed by atoms with E-state index in [1.165, 1.54) is 18.2 Å². The number of alkyl halides is 2. The van der Waals surface area contributed by atoms with Gasteiger partial charge in [0.2, 0.25) is 0 Å². The van der Waals surface area contributed by atoms with Gasteiger partial charge in [0.05, 0.1) is 6.42 Å². The molecule has 0 aliphatic carbocycles. The van der Waals surface area contributed by atoms with E-state index in [1.54, 1.807) is 30.3 Å². The molecule has 0 N–H and O–H groups in total. The molecular formula is C16H13ClF2O2. The highest BCUT2D eigenvalue weighted by atomic mass is 35.5. The zero-order valence-electron chi connectivity index (χ0n) is 11.3. The minimum absolute atomic E-state index is 0.0253. The van der Waals surface area contributed by atoms with E-state index in [4.69, 9.17) is 16.3 Å². The topological polar surface area (TPSA) is 26.3 Å². The van der Waals surface area contributed by atoms with Gasteiger partial charge in [-0.15, -0.1) is 0 Å². The highest BCUT2D eigenvalue weighted by Gasteiger charge is 2.27. The van der Waals surface area contributed by atoms with Gasteiger partial charge in [-0.1, -0.05) is 35.9 Å². The molecule has 110 valence electrons. The summed E-state index contributed by atoms with van der Waals surface area (Å²) in [7, 11) is 0. The Morgan fingerprint density at radius 1 is 1.19 bits per heavy atom. The maximum Gasteiger partial charge on any atom is 0.315 e. The van der Waals surface area contributed by atoms with Gasteiger partial charge in [-0.05, 0) is 29.8 Å². The number of halogens is 3. The monoisotopic (exact) mass is 310 g/mol. The quantitative estimate of drug-likeness (QED) is 0.609. The average Bonchev–Trinajstić information content (AvgIpc) is 2.41. The van der Waals surface area contributed by atoms with E-state index in [0.717, 1.165) is 6.92 Å². The lowest BCUT2D eigenvalue weighted by Gasteiger charge is -2.14. The summed E-state index contributed by atoms with van der Waals surface area (Å²) in [6, 6.07) is 12.7. The van der Waals surface area contributed by atoms with Gasteiger partial charge >= 0.3 is 5.97 Å². The van der Waals surface area contributed by atoms with Crippen LogP contribution in [0.3, 0.4) is 0 Å². The number of carbonyl (C=O) groups excluding carboxylic acids is 1. The Balaban J connectivity index is 2.11. The molecule has 0 radical (unpaired) electrons. The standard InChI is InChI=1S/C16H13ClF2O2/c1-16(18,19)13-9-11(7-8-14(13)17)10-15(20)21-12-5-3-2-4-6-12/h2-9H,10H2,1H3. The largest absolute Gasteiger partial charge is 0.426 e. The second kappa shape index (κ2) is 6.22. The molecule has 0 fully saturated rings. The van der Waals surface area contributed by atoms with Crippen LogP contribution < -0.4 is 4.74 Å². The predicted octanol–water partition coefficient (Wildman–Crippen LogP) is 4.60. The fourth-order valence-electron chi connectivity index (χ4n) is 1.84. The van der Waals surface area contributed by atoms with Crippen LogP contribution in [0.1, 0.15) is 18.1 Å². The molecule has 0 heterocycles. The van der Waals surface area contributed by atoms with Crippen molar-refractivity contribution in [1.82, 2.24) is 0 Å². The average molecular weight is 311 g/mol. The van der Waals surface area contributed by atoms with E-state index in [0.29, 0.717) is 11.3 Å². The normalized spacial score (nSPS) is 11.2. The van der Waals surface area contributed by atoms with Crippen LogP contribution in [0.4, 0.5) is 8.78 Å². The number of benzene rings is 2. The number of esters is 1. The molecule has 0 bridgehead atoms. The summed E-state index contributed by atoms with van der Waals surface area (Å²) in [6.45, 7) is 0.764. The van der Waals surface area contributed by atoms with Crippen LogP contribution in [-0.2, 0) is 17.1 Å². The Labute approximate surface area is 126 Å². The fourth-order valence-corrected chi connectivity index (χ4v) is 2.12. The van der Waals surface area contributed by atoms with Gasteiger partial charge in [-0.2, -0.15) is 0 Å². The summed E-state index contributed by atoms with van der Waals surface area (Å²) < 4.78 is 31.9. The highest BCUT2D eigenvalue weighted by molar-refractivity contribution is 6.31. The molecule has 0 aromatic heterocycles. The van der Waals surface area contributed by atoms with E-state index < -0.39 is 11.9 Å². The van der Waals surface area contributed by atoms with Crippen molar-refractivity contribution in [3.05, 3.63) is 64.7 Å². The molecule has 0 atom stereocenters. The van der Waals surface area contributed by atoms with Crippen molar-refractivity contribution >= 4 is 17.6 Å². The molecular weight excluding hydrogens is 298 g/mol. The molecule has 2 aromatic rings. The van der Waals surface area contributed by atoms with Crippen LogP contribution in [0.2, 0.25) is 5.02 Å². The molecule has 0 aliphatic heterocycles. The van der Waals surface area contributed by atoms with Gasteiger partial charge in [0.15, 0.2) is 0 Å². The second-order valence-corrected chi connectivity index (χ2v) is 5.07. The van der Waals surface area contributed by atoms with Crippen LogP contribution in [0.5, 0.6) is 5.75 Å². The van der Waals surface area contributed by atoms with Crippen molar-refractivity contribution in [3.8, 4) is 5.75 Å². The van der Waals surface area contributed by atoms with E-state index in [9.17, 15) is 13.6 Å². The first-order chi connectivity index (χ1) is 9.86. The van der Waals surface area contributed by atoms with Crippen molar-refractivity contribution in [2.45, 2.75) is 19.3 Å². The van der Waals surface area contributed by atoms with Gasteiger partial charge in [0.1, 0.15) is 5.75 Å². The summed E-state index contributed by atoms with van der Waals surface area (Å²) in [5, 5.41) is -0.0253. The maximum atomic E-state index is 13.4. The Kier molecular flexibility index (Phi) is 4.58. The van der Waals surface area contributed by atoms with Crippen LogP contribution in [-0.4, -0.2) is 5.97 Å². The smallest absolute Gasteiger partial charge is 0.315 e. The third-order valence-electron chi connectivity index (χ3n) is 2.83. The SMILES string of the molecule is CC(F)(F)c1cc(CC(=O)Oc2ccccc2)ccc1Cl. The predicted molar refractivity (Wildman–Crippen MR) is 76.8 cm³/mol. The summed E-state index contributed by atoms with van der Waals surface area (Å²) in [5.74, 6) is -3.16. The Bertz CT molecular complexity index is 636. The van der Waals surface area contributed by atoms with Gasteiger partial charge in [0.25, 0.3) is 5.92 Å². The Hall–Kier alpha value is -1.94. The van der Waals surface area contributed by atoms with Crippen LogP contribution in [0.25, 0.3) is 0 Å². The van der Waals surface area contributed by atoms with E-state index in [1.807, 2.05) is 0 Å².